The molecule has 0 aliphatic heterocycles. The maximum atomic E-state index is 4.40. The third kappa shape index (κ3) is 4.49. The SMILES string of the molecule is C=CCN(c1ccnc(CNCCC)c1)C(C)C. The van der Waals surface area contributed by atoms with E-state index in [2.05, 4.69) is 54.7 Å². The Balaban J connectivity index is 2.75. The molecule has 0 spiro atoms. The highest BCUT2D eigenvalue weighted by atomic mass is 15.1. The van der Waals surface area contributed by atoms with E-state index in [1.807, 2.05) is 12.3 Å². The molecule has 0 bridgehead atoms. The van der Waals surface area contributed by atoms with Crippen LogP contribution >= 0.6 is 0 Å². The molecule has 1 heterocycles. The van der Waals surface area contributed by atoms with Gasteiger partial charge in [-0.05, 0) is 38.9 Å². The monoisotopic (exact) mass is 247 g/mol. The number of rotatable bonds is 8. The first kappa shape index (κ1) is 14.7. The lowest BCUT2D eigenvalue weighted by Gasteiger charge is -2.27. The van der Waals surface area contributed by atoms with Gasteiger partial charge < -0.3 is 10.2 Å². The van der Waals surface area contributed by atoms with Crippen LogP contribution in [0.2, 0.25) is 0 Å². The van der Waals surface area contributed by atoms with Gasteiger partial charge in [-0.2, -0.15) is 0 Å². The second-order valence-electron chi connectivity index (χ2n) is 4.72. The van der Waals surface area contributed by atoms with E-state index in [4.69, 9.17) is 0 Å². The van der Waals surface area contributed by atoms with Crippen molar-refractivity contribution in [2.45, 2.75) is 39.8 Å². The lowest BCUT2D eigenvalue weighted by atomic mass is 10.2. The first-order chi connectivity index (χ1) is 8.69. The Hall–Kier alpha value is -1.35. The van der Waals surface area contributed by atoms with Gasteiger partial charge in [0, 0.05) is 31.0 Å². The van der Waals surface area contributed by atoms with Crippen molar-refractivity contribution in [1.29, 1.82) is 0 Å². The minimum absolute atomic E-state index is 0.460. The summed E-state index contributed by atoms with van der Waals surface area (Å²) >= 11 is 0. The van der Waals surface area contributed by atoms with Crippen LogP contribution in [0.5, 0.6) is 0 Å². The number of anilines is 1. The average molecular weight is 247 g/mol. The number of aromatic nitrogens is 1. The number of nitrogens with zero attached hydrogens (tertiary/aromatic N) is 2. The minimum Gasteiger partial charge on any atom is -0.365 e. The largest absolute Gasteiger partial charge is 0.365 e. The molecule has 3 nitrogen and oxygen atoms in total. The van der Waals surface area contributed by atoms with Crippen LogP contribution in [0.3, 0.4) is 0 Å². The van der Waals surface area contributed by atoms with Gasteiger partial charge in [0.25, 0.3) is 0 Å². The third-order valence-electron chi connectivity index (χ3n) is 2.81. The van der Waals surface area contributed by atoms with Crippen LogP contribution in [0.15, 0.2) is 31.0 Å². The average Bonchev–Trinajstić information content (AvgIpc) is 2.36. The van der Waals surface area contributed by atoms with E-state index in [9.17, 15) is 0 Å². The first-order valence-corrected chi connectivity index (χ1v) is 6.72. The summed E-state index contributed by atoms with van der Waals surface area (Å²) in [7, 11) is 0. The van der Waals surface area contributed by atoms with Gasteiger partial charge in [-0.15, -0.1) is 6.58 Å². The predicted octanol–water partition coefficient (Wildman–Crippen LogP) is 2.98. The number of hydrogen-bond donors (Lipinski definition) is 1. The molecule has 0 aliphatic rings. The van der Waals surface area contributed by atoms with Crippen molar-refractivity contribution in [2.75, 3.05) is 18.0 Å². The smallest absolute Gasteiger partial charge is 0.0562 e. The molecule has 0 amide bonds. The van der Waals surface area contributed by atoms with Crippen molar-refractivity contribution in [1.82, 2.24) is 10.3 Å². The van der Waals surface area contributed by atoms with Crippen LogP contribution in [-0.4, -0.2) is 24.1 Å². The highest BCUT2D eigenvalue weighted by Crippen LogP contribution is 2.17. The quantitative estimate of drug-likeness (QED) is 0.565. The van der Waals surface area contributed by atoms with Crippen molar-refractivity contribution < 1.29 is 0 Å². The van der Waals surface area contributed by atoms with Crippen molar-refractivity contribution >= 4 is 5.69 Å². The molecule has 0 aromatic carbocycles. The maximum absolute atomic E-state index is 4.40. The zero-order valence-electron chi connectivity index (χ0n) is 11.8. The van der Waals surface area contributed by atoms with Gasteiger partial charge in [0.05, 0.1) is 5.69 Å². The van der Waals surface area contributed by atoms with Crippen molar-refractivity contribution in [2.24, 2.45) is 0 Å². The van der Waals surface area contributed by atoms with E-state index in [0.29, 0.717) is 6.04 Å². The lowest BCUT2D eigenvalue weighted by Crippen LogP contribution is -2.31. The molecule has 1 N–H and O–H groups in total. The molecular formula is C15H25N3. The van der Waals surface area contributed by atoms with E-state index in [1.165, 1.54) is 5.69 Å². The van der Waals surface area contributed by atoms with Crippen LogP contribution in [0.25, 0.3) is 0 Å². The zero-order valence-corrected chi connectivity index (χ0v) is 11.8. The highest BCUT2D eigenvalue weighted by Gasteiger charge is 2.09. The molecule has 100 valence electrons. The second kappa shape index (κ2) is 7.88. The fraction of sp³-hybridized carbons (Fsp3) is 0.533. The van der Waals surface area contributed by atoms with Gasteiger partial charge in [-0.3, -0.25) is 4.98 Å². The Labute approximate surface area is 111 Å². The standard InChI is InChI=1S/C15H25N3/c1-5-8-16-12-14-11-15(7-9-17-14)18(10-6-2)13(3)4/h6-7,9,11,13,16H,2,5,8,10,12H2,1,3-4H3. The van der Waals surface area contributed by atoms with Crippen LogP contribution in [0.1, 0.15) is 32.9 Å². The normalized spacial score (nSPS) is 10.7. The van der Waals surface area contributed by atoms with Crippen LogP contribution in [0, 0.1) is 0 Å². The summed E-state index contributed by atoms with van der Waals surface area (Å²) in [6.45, 7) is 13.1. The van der Waals surface area contributed by atoms with E-state index in [1.54, 1.807) is 0 Å². The predicted molar refractivity (Wildman–Crippen MR) is 78.9 cm³/mol. The van der Waals surface area contributed by atoms with E-state index < -0.39 is 0 Å². The molecule has 1 aromatic heterocycles. The number of pyridine rings is 1. The van der Waals surface area contributed by atoms with Gasteiger partial charge >= 0.3 is 0 Å². The Morgan fingerprint density at radius 1 is 1.50 bits per heavy atom. The molecule has 0 fully saturated rings. The molecule has 0 atom stereocenters. The summed E-state index contributed by atoms with van der Waals surface area (Å²) in [5.41, 5.74) is 2.31. The van der Waals surface area contributed by atoms with E-state index in [0.717, 1.165) is 31.7 Å². The third-order valence-corrected chi connectivity index (χ3v) is 2.81. The molecule has 0 radical (unpaired) electrons. The second-order valence-corrected chi connectivity index (χ2v) is 4.72. The molecule has 0 unspecified atom stereocenters. The molecule has 1 rings (SSSR count). The Bertz CT molecular complexity index is 361. The summed E-state index contributed by atoms with van der Waals surface area (Å²) in [6.07, 6.45) is 4.97. The first-order valence-electron chi connectivity index (χ1n) is 6.72. The van der Waals surface area contributed by atoms with Crippen LogP contribution < -0.4 is 10.2 Å². The van der Waals surface area contributed by atoms with E-state index >= 15 is 0 Å². The van der Waals surface area contributed by atoms with Gasteiger partial charge in [0.1, 0.15) is 0 Å². The molecule has 0 aliphatic carbocycles. The summed E-state index contributed by atoms with van der Waals surface area (Å²) < 4.78 is 0. The van der Waals surface area contributed by atoms with E-state index in [-0.39, 0.29) is 0 Å². The van der Waals surface area contributed by atoms with Crippen LogP contribution in [-0.2, 0) is 6.54 Å². The Morgan fingerprint density at radius 3 is 2.89 bits per heavy atom. The topological polar surface area (TPSA) is 28.2 Å². The molecule has 0 saturated heterocycles. The summed E-state index contributed by atoms with van der Waals surface area (Å²) in [5.74, 6) is 0. The fourth-order valence-corrected chi connectivity index (χ4v) is 1.89. The Kier molecular flexibility index (Phi) is 6.44. The lowest BCUT2D eigenvalue weighted by molar-refractivity contribution is 0.662. The van der Waals surface area contributed by atoms with Crippen molar-refractivity contribution in [3.05, 3.63) is 36.7 Å². The van der Waals surface area contributed by atoms with Crippen molar-refractivity contribution in [3.63, 3.8) is 0 Å². The van der Waals surface area contributed by atoms with Crippen LogP contribution in [0.4, 0.5) is 5.69 Å². The van der Waals surface area contributed by atoms with Gasteiger partial charge in [-0.25, -0.2) is 0 Å². The zero-order chi connectivity index (χ0) is 13.4. The Morgan fingerprint density at radius 2 is 2.28 bits per heavy atom. The van der Waals surface area contributed by atoms with Gasteiger partial charge in [-0.1, -0.05) is 13.0 Å². The highest BCUT2D eigenvalue weighted by molar-refractivity contribution is 5.47. The minimum atomic E-state index is 0.460. The van der Waals surface area contributed by atoms with Crippen molar-refractivity contribution in [3.8, 4) is 0 Å². The molecule has 3 heteroatoms. The molecular weight excluding hydrogens is 222 g/mol. The maximum Gasteiger partial charge on any atom is 0.0562 e. The number of nitrogens with one attached hydrogen (secondary N) is 1. The van der Waals surface area contributed by atoms with Gasteiger partial charge in [0.2, 0.25) is 0 Å². The summed E-state index contributed by atoms with van der Waals surface area (Å²) in [6, 6.07) is 4.68. The van der Waals surface area contributed by atoms with Gasteiger partial charge in [0.15, 0.2) is 0 Å². The summed E-state index contributed by atoms with van der Waals surface area (Å²) in [5, 5.41) is 3.38. The summed E-state index contributed by atoms with van der Waals surface area (Å²) in [4.78, 5) is 6.72. The molecule has 0 saturated carbocycles. The molecule has 1 aromatic rings. The fourth-order valence-electron chi connectivity index (χ4n) is 1.89. The number of hydrogen-bond acceptors (Lipinski definition) is 3. The molecule has 18 heavy (non-hydrogen) atoms.